The topological polar surface area (TPSA) is 92.3 Å². The molecule has 1 amide bonds. The lowest BCUT2D eigenvalue weighted by Gasteiger charge is -2.29. The number of carbonyl (C=O) groups is 1. The molecule has 1 saturated heterocycles. The molecule has 1 aromatic heterocycles. The Kier molecular flexibility index (Phi) is 4.27. The second-order valence-corrected chi connectivity index (χ2v) is 7.67. The van der Waals surface area contributed by atoms with Crippen molar-refractivity contribution in [1.29, 1.82) is 0 Å². The molecule has 2 aromatic rings. The second kappa shape index (κ2) is 6.21. The number of amides is 1. The van der Waals surface area contributed by atoms with Gasteiger partial charge in [-0.2, -0.15) is 0 Å². The van der Waals surface area contributed by atoms with Crippen LogP contribution in [0.5, 0.6) is 0 Å². The fraction of sp³-hybridized carbons (Fsp3) is 0.400. The van der Waals surface area contributed by atoms with Gasteiger partial charge in [-0.15, -0.1) is 0 Å². The molecule has 0 radical (unpaired) electrons. The molecule has 7 nitrogen and oxygen atoms in total. The van der Waals surface area contributed by atoms with E-state index in [0.717, 1.165) is 11.0 Å². The third kappa shape index (κ3) is 3.65. The van der Waals surface area contributed by atoms with Crippen LogP contribution in [0.1, 0.15) is 12.8 Å². The Morgan fingerprint density at radius 2 is 1.83 bits per heavy atom. The number of nitrogens with one attached hydrogen (secondary N) is 1. The smallest absolute Gasteiger partial charge is 0.227 e. The van der Waals surface area contributed by atoms with Gasteiger partial charge in [-0.25, -0.2) is 12.7 Å². The molecule has 0 saturated carbocycles. The lowest BCUT2D eigenvalue weighted by molar-refractivity contribution is -0.120. The zero-order valence-corrected chi connectivity index (χ0v) is 13.6. The summed E-state index contributed by atoms with van der Waals surface area (Å²) in [4.78, 5) is 20.7. The summed E-state index contributed by atoms with van der Waals surface area (Å²) in [5.41, 5.74) is 2.16. The molecule has 0 aliphatic carbocycles. The number of piperidine rings is 1. The highest BCUT2D eigenvalue weighted by molar-refractivity contribution is 7.88. The summed E-state index contributed by atoms with van der Waals surface area (Å²) < 4.78 is 24.4. The molecule has 1 aliphatic heterocycles. The molecule has 0 unspecified atom stereocenters. The number of hydrogen-bond donors (Lipinski definition) is 1. The van der Waals surface area contributed by atoms with Crippen molar-refractivity contribution in [1.82, 2.24) is 14.3 Å². The Bertz CT molecular complexity index is 829. The summed E-state index contributed by atoms with van der Waals surface area (Å²) in [6, 6.07) is 5.39. The number of nitrogens with zero attached hydrogens (tertiary/aromatic N) is 3. The predicted molar refractivity (Wildman–Crippen MR) is 87.3 cm³/mol. The highest BCUT2D eigenvalue weighted by Crippen LogP contribution is 2.22. The lowest BCUT2D eigenvalue weighted by atomic mass is 9.97. The van der Waals surface area contributed by atoms with Crippen LogP contribution in [0.2, 0.25) is 0 Å². The van der Waals surface area contributed by atoms with E-state index in [1.807, 2.05) is 6.07 Å². The van der Waals surface area contributed by atoms with Crippen LogP contribution in [0.25, 0.3) is 11.0 Å². The molecule has 0 atom stereocenters. The van der Waals surface area contributed by atoms with E-state index in [4.69, 9.17) is 0 Å². The molecule has 3 rings (SSSR count). The molecule has 8 heteroatoms. The number of hydrogen-bond acceptors (Lipinski definition) is 5. The first-order chi connectivity index (χ1) is 10.9. The van der Waals surface area contributed by atoms with Crippen LogP contribution in [-0.4, -0.2) is 47.9 Å². The first kappa shape index (κ1) is 15.8. The highest BCUT2D eigenvalue weighted by Gasteiger charge is 2.28. The maximum atomic E-state index is 12.3. The normalized spacial score (nSPS) is 17.3. The fourth-order valence-corrected chi connectivity index (χ4v) is 3.61. The van der Waals surface area contributed by atoms with Gasteiger partial charge in [0, 0.05) is 37.1 Å². The predicted octanol–water partition coefficient (Wildman–Crippen LogP) is 1.24. The number of carbonyl (C=O) groups excluding carboxylic acids is 1. The van der Waals surface area contributed by atoms with Gasteiger partial charge in [0.1, 0.15) is 0 Å². The molecule has 1 N–H and O–H groups in total. The van der Waals surface area contributed by atoms with Crippen molar-refractivity contribution in [2.24, 2.45) is 5.92 Å². The average Bonchev–Trinajstić information content (AvgIpc) is 2.54. The summed E-state index contributed by atoms with van der Waals surface area (Å²) in [6.07, 6.45) is 5.49. The largest absolute Gasteiger partial charge is 0.326 e. The molecule has 23 heavy (non-hydrogen) atoms. The van der Waals surface area contributed by atoms with Crippen molar-refractivity contribution >= 4 is 32.7 Å². The number of rotatable bonds is 3. The SMILES string of the molecule is CS(=O)(=O)N1CCC(C(=O)Nc2ccc3nccnc3c2)CC1. The minimum absolute atomic E-state index is 0.0820. The Hall–Kier alpha value is -2.06. The first-order valence-electron chi connectivity index (χ1n) is 7.40. The molecule has 2 heterocycles. The molecule has 1 aliphatic rings. The molecule has 0 spiro atoms. The van der Waals surface area contributed by atoms with Gasteiger partial charge < -0.3 is 5.32 Å². The van der Waals surface area contributed by atoms with Crippen molar-refractivity contribution < 1.29 is 13.2 Å². The Labute approximate surface area is 134 Å². The van der Waals surface area contributed by atoms with E-state index in [1.165, 1.54) is 10.6 Å². The van der Waals surface area contributed by atoms with Gasteiger partial charge in [0.25, 0.3) is 0 Å². The van der Waals surface area contributed by atoms with Crippen LogP contribution in [0.3, 0.4) is 0 Å². The Morgan fingerprint density at radius 3 is 2.48 bits per heavy atom. The van der Waals surface area contributed by atoms with Crippen LogP contribution in [-0.2, 0) is 14.8 Å². The van der Waals surface area contributed by atoms with Crippen molar-refractivity contribution in [3.63, 3.8) is 0 Å². The maximum Gasteiger partial charge on any atom is 0.227 e. The molecule has 1 aromatic carbocycles. The molecule has 1 fully saturated rings. The van der Waals surface area contributed by atoms with Gasteiger partial charge in [-0.05, 0) is 31.0 Å². The van der Waals surface area contributed by atoms with Crippen LogP contribution in [0.15, 0.2) is 30.6 Å². The summed E-state index contributed by atoms with van der Waals surface area (Å²) in [5.74, 6) is -0.257. The van der Waals surface area contributed by atoms with E-state index in [-0.39, 0.29) is 11.8 Å². The van der Waals surface area contributed by atoms with E-state index in [0.29, 0.717) is 31.6 Å². The van der Waals surface area contributed by atoms with Crippen LogP contribution in [0.4, 0.5) is 5.69 Å². The Balaban J connectivity index is 1.65. The van der Waals surface area contributed by atoms with E-state index < -0.39 is 10.0 Å². The summed E-state index contributed by atoms with van der Waals surface area (Å²) >= 11 is 0. The standard InChI is InChI=1S/C15H18N4O3S/c1-23(21,22)19-8-4-11(5-9-19)15(20)18-12-2-3-13-14(10-12)17-7-6-16-13/h2-3,6-7,10-11H,4-5,8-9H2,1H3,(H,18,20). The van der Waals surface area contributed by atoms with Gasteiger partial charge in [-0.1, -0.05) is 0 Å². The molecule has 122 valence electrons. The van der Waals surface area contributed by atoms with Gasteiger partial charge in [0.05, 0.1) is 17.3 Å². The molecular formula is C15H18N4O3S. The third-order valence-corrected chi connectivity index (χ3v) is 5.33. The van der Waals surface area contributed by atoms with Crippen molar-refractivity contribution in [2.45, 2.75) is 12.8 Å². The summed E-state index contributed by atoms with van der Waals surface area (Å²) in [5, 5.41) is 2.88. The minimum atomic E-state index is -3.17. The van der Waals surface area contributed by atoms with Crippen molar-refractivity contribution in [3.8, 4) is 0 Å². The van der Waals surface area contributed by atoms with Crippen LogP contribution < -0.4 is 5.32 Å². The van der Waals surface area contributed by atoms with Crippen LogP contribution >= 0.6 is 0 Å². The molecule has 0 bridgehead atoms. The lowest BCUT2D eigenvalue weighted by Crippen LogP contribution is -2.40. The average molecular weight is 334 g/mol. The monoisotopic (exact) mass is 334 g/mol. The van der Waals surface area contributed by atoms with Gasteiger partial charge in [-0.3, -0.25) is 14.8 Å². The second-order valence-electron chi connectivity index (χ2n) is 5.69. The van der Waals surface area contributed by atoms with Crippen molar-refractivity contribution in [3.05, 3.63) is 30.6 Å². The minimum Gasteiger partial charge on any atom is -0.326 e. The number of anilines is 1. The van der Waals surface area contributed by atoms with E-state index in [9.17, 15) is 13.2 Å². The zero-order chi connectivity index (χ0) is 16.4. The zero-order valence-electron chi connectivity index (χ0n) is 12.8. The van der Waals surface area contributed by atoms with Gasteiger partial charge in [0.15, 0.2) is 0 Å². The highest BCUT2D eigenvalue weighted by atomic mass is 32.2. The van der Waals surface area contributed by atoms with E-state index >= 15 is 0 Å². The number of fused-ring (bicyclic) bond motifs is 1. The molecular weight excluding hydrogens is 316 g/mol. The third-order valence-electron chi connectivity index (χ3n) is 4.03. The maximum absolute atomic E-state index is 12.3. The number of aromatic nitrogens is 2. The van der Waals surface area contributed by atoms with Gasteiger partial charge in [0.2, 0.25) is 15.9 Å². The van der Waals surface area contributed by atoms with Crippen LogP contribution in [0, 0.1) is 5.92 Å². The quantitative estimate of drug-likeness (QED) is 0.912. The van der Waals surface area contributed by atoms with Gasteiger partial charge >= 0.3 is 0 Å². The number of benzene rings is 1. The first-order valence-corrected chi connectivity index (χ1v) is 9.25. The van der Waals surface area contributed by atoms with Crippen molar-refractivity contribution in [2.75, 3.05) is 24.7 Å². The van der Waals surface area contributed by atoms with E-state index in [1.54, 1.807) is 24.5 Å². The number of sulfonamides is 1. The summed E-state index contributed by atoms with van der Waals surface area (Å²) in [7, 11) is -3.17. The van der Waals surface area contributed by atoms with E-state index in [2.05, 4.69) is 15.3 Å². The Morgan fingerprint density at radius 1 is 1.17 bits per heavy atom. The fourth-order valence-electron chi connectivity index (χ4n) is 2.73. The summed E-state index contributed by atoms with van der Waals surface area (Å²) in [6.45, 7) is 0.778.